The zero-order chi connectivity index (χ0) is 13.8. The predicted molar refractivity (Wildman–Crippen MR) is 84.9 cm³/mol. The highest BCUT2D eigenvalue weighted by Gasteiger charge is 2.10. The number of nitrogens with zero attached hydrogens (tertiary/aromatic N) is 2. The summed E-state index contributed by atoms with van der Waals surface area (Å²) in [5, 5.41) is 0. The van der Waals surface area contributed by atoms with Gasteiger partial charge < -0.3 is 9.80 Å². The van der Waals surface area contributed by atoms with Crippen molar-refractivity contribution in [3.05, 3.63) is 12.4 Å². The highest BCUT2D eigenvalue weighted by atomic mass is 15.3. The first-order valence-electron chi connectivity index (χ1n) is 8.53. The summed E-state index contributed by atoms with van der Waals surface area (Å²) in [4.78, 5) is 4.94. The van der Waals surface area contributed by atoms with Crippen LogP contribution >= 0.6 is 0 Å². The monoisotopic (exact) mass is 266 g/mol. The maximum atomic E-state index is 2.47. The fourth-order valence-electron chi connectivity index (χ4n) is 2.64. The first-order valence-corrected chi connectivity index (χ1v) is 8.53. The second-order valence-electron chi connectivity index (χ2n) is 5.89. The lowest BCUT2D eigenvalue weighted by Gasteiger charge is -2.21. The molecule has 0 atom stereocenters. The quantitative estimate of drug-likeness (QED) is 0.460. The van der Waals surface area contributed by atoms with E-state index < -0.39 is 0 Å². The first-order chi connectivity index (χ1) is 9.36. The van der Waals surface area contributed by atoms with Crippen molar-refractivity contribution in [1.82, 2.24) is 9.80 Å². The van der Waals surface area contributed by atoms with Gasteiger partial charge >= 0.3 is 0 Å². The van der Waals surface area contributed by atoms with Crippen LogP contribution < -0.4 is 0 Å². The lowest BCUT2D eigenvalue weighted by Crippen LogP contribution is -2.26. The minimum Gasteiger partial charge on any atom is -0.359 e. The summed E-state index contributed by atoms with van der Waals surface area (Å²) >= 11 is 0. The molecular weight excluding hydrogens is 232 g/mol. The molecule has 0 saturated heterocycles. The normalized spacial score (nSPS) is 14.6. The molecule has 0 N–H and O–H groups in total. The molecule has 0 amide bonds. The van der Waals surface area contributed by atoms with Crippen molar-refractivity contribution < 1.29 is 0 Å². The van der Waals surface area contributed by atoms with Gasteiger partial charge in [0.05, 0.1) is 6.67 Å². The Bertz CT molecular complexity index is 203. The lowest BCUT2D eigenvalue weighted by molar-refractivity contribution is 0.257. The number of unbranched alkanes of at least 4 members (excludes halogenated alkanes) is 8. The van der Waals surface area contributed by atoms with Gasteiger partial charge in [0.2, 0.25) is 0 Å². The molecule has 2 nitrogen and oxygen atoms in total. The van der Waals surface area contributed by atoms with Crippen molar-refractivity contribution >= 4 is 0 Å². The van der Waals surface area contributed by atoms with Crippen molar-refractivity contribution in [3.63, 3.8) is 0 Å². The molecule has 0 spiro atoms. The Labute approximate surface area is 120 Å². The zero-order valence-electron chi connectivity index (χ0n) is 13.2. The molecule has 1 aliphatic heterocycles. The molecule has 0 aromatic rings. The molecule has 0 aromatic heterocycles. The Balaban J connectivity index is 1.93. The summed E-state index contributed by atoms with van der Waals surface area (Å²) < 4.78 is 0. The van der Waals surface area contributed by atoms with Crippen molar-refractivity contribution in [2.24, 2.45) is 0 Å². The molecule has 0 fully saturated rings. The molecule has 1 heterocycles. The fourth-order valence-corrected chi connectivity index (χ4v) is 2.64. The molecule has 0 aliphatic carbocycles. The molecule has 0 saturated carbocycles. The van der Waals surface area contributed by atoms with Gasteiger partial charge in [-0.1, -0.05) is 65.2 Å². The topological polar surface area (TPSA) is 6.48 Å². The van der Waals surface area contributed by atoms with Gasteiger partial charge in [-0.3, -0.25) is 0 Å². The second kappa shape index (κ2) is 11.2. The second-order valence-corrected chi connectivity index (χ2v) is 5.89. The largest absolute Gasteiger partial charge is 0.359 e. The maximum Gasteiger partial charge on any atom is 0.0893 e. The van der Waals surface area contributed by atoms with Gasteiger partial charge in [-0.2, -0.15) is 0 Å². The molecule has 19 heavy (non-hydrogen) atoms. The number of hydrogen-bond acceptors (Lipinski definition) is 2. The van der Waals surface area contributed by atoms with Crippen LogP contribution in [0.2, 0.25) is 0 Å². The van der Waals surface area contributed by atoms with Crippen LogP contribution in [0.5, 0.6) is 0 Å². The van der Waals surface area contributed by atoms with Crippen molar-refractivity contribution in [3.8, 4) is 0 Å². The van der Waals surface area contributed by atoms with E-state index in [9.17, 15) is 0 Å². The van der Waals surface area contributed by atoms with Crippen molar-refractivity contribution in [2.45, 2.75) is 78.1 Å². The minimum absolute atomic E-state index is 1.13. The van der Waals surface area contributed by atoms with Crippen LogP contribution in [0, 0.1) is 0 Å². The van der Waals surface area contributed by atoms with Gasteiger partial charge in [-0.15, -0.1) is 0 Å². The van der Waals surface area contributed by atoms with E-state index in [2.05, 4.69) is 36.0 Å². The van der Waals surface area contributed by atoms with E-state index in [0.717, 1.165) is 6.67 Å². The van der Waals surface area contributed by atoms with Gasteiger partial charge in [0.15, 0.2) is 0 Å². The lowest BCUT2D eigenvalue weighted by atomic mass is 10.1. The van der Waals surface area contributed by atoms with Crippen LogP contribution in [0.25, 0.3) is 0 Å². The van der Waals surface area contributed by atoms with E-state index in [1.807, 2.05) is 0 Å². The number of hydrogen-bond donors (Lipinski definition) is 0. The van der Waals surface area contributed by atoms with Crippen molar-refractivity contribution in [1.29, 1.82) is 0 Å². The van der Waals surface area contributed by atoms with Gasteiger partial charge in [0.1, 0.15) is 0 Å². The summed E-state index contributed by atoms with van der Waals surface area (Å²) in [6.07, 6.45) is 18.4. The molecule has 0 aromatic carbocycles. The Morgan fingerprint density at radius 2 is 1.05 bits per heavy atom. The third kappa shape index (κ3) is 8.18. The van der Waals surface area contributed by atoms with Gasteiger partial charge in [-0.05, 0) is 12.8 Å². The summed E-state index contributed by atoms with van der Waals surface area (Å²) in [7, 11) is 0. The summed E-state index contributed by atoms with van der Waals surface area (Å²) in [5.74, 6) is 0. The van der Waals surface area contributed by atoms with E-state index in [1.54, 1.807) is 0 Å². The standard InChI is InChI=1S/C17H34N2/c1-3-5-7-9-11-13-18-15-16-19(17-18)14-12-10-8-6-4-2/h15-16H,3-14,17H2,1-2H3. The van der Waals surface area contributed by atoms with Crippen molar-refractivity contribution in [2.75, 3.05) is 19.8 Å². The molecular formula is C17H34N2. The van der Waals surface area contributed by atoms with Crippen LogP contribution in [0.4, 0.5) is 0 Å². The zero-order valence-corrected chi connectivity index (χ0v) is 13.2. The highest BCUT2D eigenvalue weighted by molar-refractivity contribution is 4.90. The van der Waals surface area contributed by atoms with Gasteiger partial charge in [-0.25, -0.2) is 0 Å². The van der Waals surface area contributed by atoms with E-state index in [0.29, 0.717) is 0 Å². The Kier molecular flexibility index (Phi) is 9.66. The Hall–Kier alpha value is -0.660. The summed E-state index contributed by atoms with van der Waals surface area (Å²) in [5.41, 5.74) is 0. The highest BCUT2D eigenvalue weighted by Crippen LogP contribution is 2.11. The summed E-state index contributed by atoms with van der Waals surface area (Å²) in [6, 6.07) is 0. The summed E-state index contributed by atoms with van der Waals surface area (Å²) in [6.45, 7) is 8.17. The van der Waals surface area contributed by atoms with E-state index >= 15 is 0 Å². The van der Waals surface area contributed by atoms with Crippen LogP contribution in [-0.2, 0) is 0 Å². The van der Waals surface area contributed by atoms with Crippen LogP contribution in [-0.4, -0.2) is 29.6 Å². The molecule has 1 aliphatic rings. The van der Waals surface area contributed by atoms with E-state index in [4.69, 9.17) is 0 Å². The molecule has 1 rings (SSSR count). The Morgan fingerprint density at radius 1 is 0.632 bits per heavy atom. The third-order valence-corrected chi connectivity index (χ3v) is 3.95. The maximum absolute atomic E-state index is 2.47. The predicted octanol–water partition coefficient (Wildman–Crippen LogP) is 4.97. The van der Waals surface area contributed by atoms with Crippen LogP contribution in [0.1, 0.15) is 78.1 Å². The number of rotatable bonds is 12. The molecule has 0 radical (unpaired) electrons. The van der Waals surface area contributed by atoms with Gasteiger partial charge in [0.25, 0.3) is 0 Å². The van der Waals surface area contributed by atoms with Gasteiger partial charge in [0, 0.05) is 25.5 Å². The van der Waals surface area contributed by atoms with E-state index in [1.165, 1.54) is 77.3 Å². The SMILES string of the molecule is CCCCCCCN1C=CN(CCCCCCC)C1. The first kappa shape index (κ1) is 16.4. The molecule has 112 valence electrons. The average molecular weight is 266 g/mol. The smallest absolute Gasteiger partial charge is 0.0893 e. The fraction of sp³-hybridized carbons (Fsp3) is 0.882. The third-order valence-electron chi connectivity index (χ3n) is 3.95. The van der Waals surface area contributed by atoms with Crippen LogP contribution in [0.15, 0.2) is 12.4 Å². The average Bonchev–Trinajstić information content (AvgIpc) is 2.86. The Morgan fingerprint density at radius 3 is 1.47 bits per heavy atom. The molecule has 0 bridgehead atoms. The van der Waals surface area contributed by atoms with E-state index in [-0.39, 0.29) is 0 Å². The molecule has 0 unspecified atom stereocenters. The van der Waals surface area contributed by atoms with Crippen LogP contribution in [0.3, 0.4) is 0 Å². The minimum atomic E-state index is 1.13. The molecule has 2 heteroatoms.